The van der Waals surface area contributed by atoms with Crippen LogP contribution in [0.25, 0.3) is 0 Å². The van der Waals surface area contributed by atoms with Gasteiger partial charge in [0.2, 0.25) is 0 Å². The summed E-state index contributed by atoms with van der Waals surface area (Å²) in [6.07, 6.45) is 0. The Morgan fingerprint density at radius 3 is 2.70 bits per heavy atom. The predicted molar refractivity (Wildman–Crippen MR) is 78.7 cm³/mol. The van der Waals surface area contributed by atoms with Gasteiger partial charge in [-0.15, -0.1) is 11.3 Å². The van der Waals surface area contributed by atoms with Crippen molar-refractivity contribution in [3.63, 3.8) is 0 Å². The molecule has 0 saturated heterocycles. The van der Waals surface area contributed by atoms with E-state index in [-0.39, 0.29) is 15.5 Å². The van der Waals surface area contributed by atoms with E-state index >= 15 is 0 Å². The minimum absolute atomic E-state index is 0.0744. The van der Waals surface area contributed by atoms with E-state index < -0.39 is 15.8 Å². The topological polar surface area (TPSA) is 70.0 Å². The largest absolute Gasteiger partial charge is 0.278 e. The molecule has 0 aliphatic carbocycles. The second-order valence-corrected chi connectivity index (χ2v) is 8.18. The van der Waals surface area contributed by atoms with Crippen molar-refractivity contribution in [1.82, 2.24) is 0 Å². The summed E-state index contributed by atoms with van der Waals surface area (Å²) in [5.74, 6) is -0.767. The number of sulfonamides is 1. The van der Waals surface area contributed by atoms with E-state index in [1.54, 1.807) is 13.0 Å². The van der Waals surface area contributed by atoms with E-state index in [2.05, 4.69) is 20.7 Å². The summed E-state index contributed by atoms with van der Waals surface area (Å²) in [6, 6.07) is 6.93. The highest BCUT2D eigenvalue weighted by atomic mass is 79.9. The zero-order valence-corrected chi connectivity index (χ0v) is 13.4. The molecule has 104 valence electrons. The van der Waals surface area contributed by atoms with Crippen molar-refractivity contribution in [2.45, 2.75) is 11.1 Å². The molecule has 0 unspecified atom stereocenters. The molecule has 4 nitrogen and oxygen atoms in total. The van der Waals surface area contributed by atoms with Crippen molar-refractivity contribution >= 4 is 43.0 Å². The third kappa shape index (κ3) is 2.85. The molecule has 0 saturated carbocycles. The Morgan fingerprint density at radius 2 is 2.15 bits per heavy atom. The van der Waals surface area contributed by atoms with Crippen molar-refractivity contribution in [2.75, 3.05) is 4.72 Å². The van der Waals surface area contributed by atoms with Gasteiger partial charge in [0.15, 0.2) is 0 Å². The number of aryl methyl sites for hydroxylation is 1. The third-order valence-electron chi connectivity index (χ3n) is 2.47. The molecule has 20 heavy (non-hydrogen) atoms. The van der Waals surface area contributed by atoms with Crippen molar-refractivity contribution < 1.29 is 12.8 Å². The van der Waals surface area contributed by atoms with Gasteiger partial charge in [-0.2, -0.15) is 5.26 Å². The van der Waals surface area contributed by atoms with E-state index in [1.165, 1.54) is 18.2 Å². The Morgan fingerprint density at radius 1 is 1.45 bits per heavy atom. The molecule has 0 fully saturated rings. The monoisotopic (exact) mass is 374 g/mol. The van der Waals surface area contributed by atoms with Gasteiger partial charge in [0.1, 0.15) is 21.7 Å². The first kappa shape index (κ1) is 15.0. The summed E-state index contributed by atoms with van der Waals surface area (Å²) in [6.45, 7) is 1.77. The number of benzene rings is 1. The summed E-state index contributed by atoms with van der Waals surface area (Å²) in [7, 11) is -3.84. The third-order valence-corrected chi connectivity index (χ3v) is 6.44. The molecule has 0 spiro atoms. The fourth-order valence-electron chi connectivity index (χ4n) is 1.48. The van der Waals surface area contributed by atoms with Crippen LogP contribution >= 0.6 is 27.3 Å². The quantitative estimate of drug-likeness (QED) is 0.891. The molecule has 1 heterocycles. The molecule has 1 aromatic heterocycles. The highest BCUT2D eigenvalue weighted by Crippen LogP contribution is 2.32. The van der Waals surface area contributed by atoms with E-state index in [4.69, 9.17) is 5.26 Å². The number of hydrogen-bond donors (Lipinski definition) is 1. The molecule has 0 aliphatic rings. The van der Waals surface area contributed by atoms with Gasteiger partial charge >= 0.3 is 0 Å². The molecule has 1 aromatic carbocycles. The van der Waals surface area contributed by atoms with Gasteiger partial charge in [-0.1, -0.05) is 6.07 Å². The van der Waals surface area contributed by atoms with Crippen molar-refractivity contribution in [3.05, 3.63) is 45.0 Å². The Kier molecular flexibility index (Phi) is 4.13. The van der Waals surface area contributed by atoms with E-state index in [0.29, 0.717) is 3.79 Å². The Bertz CT molecular complexity index is 790. The lowest BCUT2D eigenvalue weighted by Crippen LogP contribution is -2.13. The average molecular weight is 375 g/mol. The SMILES string of the molecule is Cc1cc(S(=O)(=O)Nc2cccc(F)c2C#N)sc1Br. The fraction of sp³-hybridized carbons (Fsp3) is 0.0833. The number of halogens is 2. The van der Waals surface area contributed by atoms with Gasteiger partial charge in [-0.05, 0) is 46.6 Å². The van der Waals surface area contributed by atoms with E-state index in [9.17, 15) is 12.8 Å². The van der Waals surface area contributed by atoms with Crippen molar-refractivity contribution in [3.8, 4) is 6.07 Å². The maximum atomic E-state index is 13.4. The van der Waals surface area contributed by atoms with Crippen LogP contribution in [0, 0.1) is 24.1 Å². The van der Waals surface area contributed by atoms with Crippen molar-refractivity contribution in [2.24, 2.45) is 0 Å². The van der Waals surface area contributed by atoms with Crippen LogP contribution in [-0.4, -0.2) is 8.42 Å². The maximum absolute atomic E-state index is 13.4. The second-order valence-electron chi connectivity index (χ2n) is 3.90. The van der Waals surface area contributed by atoms with Gasteiger partial charge in [0.05, 0.1) is 9.47 Å². The zero-order chi connectivity index (χ0) is 14.9. The van der Waals surface area contributed by atoms with Crippen LogP contribution in [-0.2, 0) is 10.0 Å². The molecule has 0 bridgehead atoms. The molecule has 1 N–H and O–H groups in total. The molecule has 2 aromatic rings. The standard InChI is InChI=1S/C12H8BrFN2O2S2/c1-7-5-11(19-12(7)13)20(17,18)16-10-4-2-3-9(14)8(10)6-15/h2-5,16H,1H3. The van der Waals surface area contributed by atoms with Crippen LogP contribution < -0.4 is 4.72 Å². The highest BCUT2D eigenvalue weighted by molar-refractivity contribution is 9.11. The zero-order valence-electron chi connectivity index (χ0n) is 10.1. The Hall–Kier alpha value is -1.43. The molecular weight excluding hydrogens is 367 g/mol. The number of nitrogens with one attached hydrogen (secondary N) is 1. The van der Waals surface area contributed by atoms with Crippen LogP contribution in [0.1, 0.15) is 11.1 Å². The summed E-state index contributed by atoms with van der Waals surface area (Å²) >= 11 is 4.30. The van der Waals surface area contributed by atoms with Gasteiger partial charge in [-0.25, -0.2) is 12.8 Å². The molecule has 0 atom stereocenters. The summed E-state index contributed by atoms with van der Waals surface area (Å²) < 4.78 is 40.9. The van der Waals surface area contributed by atoms with Gasteiger partial charge < -0.3 is 0 Å². The Balaban J connectivity index is 2.44. The minimum Gasteiger partial charge on any atom is -0.278 e. The number of nitriles is 1. The van der Waals surface area contributed by atoms with Crippen LogP contribution in [0.2, 0.25) is 0 Å². The number of nitrogens with zero attached hydrogens (tertiary/aromatic N) is 1. The first-order valence-electron chi connectivity index (χ1n) is 5.32. The number of rotatable bonds is 3. The van der Waals surface area contributed by atoms with E-state index in [0.717, 1.165) is 23.0 Å². The molecular formula is C12H8BrFN2O2S2. The lowest BCUT2D eigenvalue weighted by molar-refractivity contribution is 0.603. The molecule has 8 heteroatoms. The smallest absolute Gasteiger partial charge is 0.271 e. The Labute approximate surface area is 128 Å². The number of thiophene rings is 1. The summed E-state index contributed by atoms with van der Waals surface area (Å²) in [5, 5.41) is 8.89. The molecule has 2 rings (SSSR count). The first-order chi connectivity index (χ1) is 9.35. The first-order valence-corrected chi connectivity index (χ1v) is 8.42. The number of hydrogen-bond acceptors (Lipinski definition) is 4. The fourth-order valence-corrected chi connectivity index (χ4v) is 4.78. The van der Waals surface area contributed by atoms with Gasteiger partial charge in [-0.3, -0.25) is 4.72 Å². The summed E-state index contributed by atoms with van der Waals surface area (Å²) in [5.41, 5.74) is 0.383. The summed E-state index contributed by atoms with van der Waals surface area (Å²) in [4.78, 5) is 0. The minimum atomic E-state index is -3.84. The molecule has 0 amide bonds. The lowest BCUT2D eigenvalue weighted by atomic mass is 10.2. The van der Waals surface area contributed by atoms with Crippen LogP contribution in [0.4, 0.5) is 10.1 Å². The van der Waals surface area contributed by atoms with Crippen LogP contribution in [0.5, 0.6) is 0 Å². The van der Waals surface area contributed by atoms with Crippen molar-refractivity contribution in [1.29, 1.82) is 5.26 Å². The maximum Gasteiger partial charge on any atom is 0.271 e. The lowest BCUT2D eigenvalue weighted by Gasteiger charge is -2.08. The van der Waals surface area contributed by atoms with Gasteiger partial charge in [0.25, 0.3) is 10.0 Å². The predicted octanol–water partition coefficient (Wildman–Crippen LogP) is 3.63. The molecule has 0 aliphatic heterocycles. The van der Waals surface area contributed by atoms with E-state index in [1.807, 2.05) is 0 Å². The van der Waals surface area contributed by atoms with Crippen LogP contribution in [0.15, 0.2) is 32.3 Å². The highest BCUT2D eigenvalue weighted by Gasteiger charge is 2.20. The number of anilines is 1. The normalized spacial score (nSPS) is 11.1. The van der Waals surface area contributed by atoms with Crippen LogP contribution in [0.3, 0.4) is 0 Å². The van der Waals surface area contributed by atoms with Gasteiger partial charge in [0, 0.05) is 0 Å². The second kappa shape index (κ2) is 5.52. The molecule has 0 radical (unpaired) electrons. The average Bonchev–Trinajstić information content (AvgIpc) is 2.70.